The number of hydrogen-bond acceptors (Lipinski definition) is 3. The van der Waals surface area contributed by atoms with E-state index in [2.05, 4.69) is 21.9 Å². The van der Waals surface area contributed by atoms with Gasteiger partial charge in [0.15, 0.2) is 0 Å². The molecule has 2 heterocycles. The summed E-state index contributed by atoms with van der Waals surface area (Å²) in [4.78, 5) is 8.10. The summed E-state index contributed by atoms with van der Waals surface area (Å²) < 4.78 is 25.7. The van der Waals surface area contributed by atoms with Crippen molar-refractivity contribution >= 4 is 5.57 Å². The number of allylic oxidation sites excluding steroid dienone is 3. The third kappa shape index (κ3) is 4.13. The highest BCUT2D eigenvalue weighted by atomic mass is 19.3. The van der Waals surface area contributed by atoms with Crippen LogP contribution in [0.3, 0.4) is 0 Å². The molecule has 0 aliphatic rings. The molecular weight excluding hydrogens is 308 g/mol. The molecule has 5 heteroatoms. The second-order valence-corrected chi connectivity index (χ2v) is 5.10. The van der Waals surface area contributed by atoms with Crippen molar-refractivity contribution in [1.29, 1.82) is 0 Å². The van der Waals surface area contributed by atoms with Gasteiger partial charge in [-0.3, -0.25) is 9.97 Å². The summed E-state index contributed by atoms with van der Waals surface area (Å²) in [6.45, 7) is 7.45. The Kier molecular flexibility index (Phi) is 5.95. The fraction of sp³-hybridized carbons (Fsp3) is 0.158. The van der Waals surface area contributed by atoms with Crippen LogP contribution in [0.4, 0.5) is 8.78 Å². The van der Waals surface area contributed by atoms with Crippen molar-refractivity contribution in [3.05, 3.63) is 78.7 Å². The molecule has 0 aromatic carbocycles. The van der Waals surface area contributed by atoms with Crippen molar-refractivity contribution < 1.29 is 8.78 Å². The van der Waals surface area contributed by atoms with Gasteiger partial charge in [-0.2, -0.15) is 0 Å². The van der Waals surface area contributed by atoms with E-state index in [1.54, 1.807) is 18.5 Å². The second kappa shape index (κ2) is 8.15. The van der Waals surface area contributed by atoms with Crippen molar-refractivity contribution in [3.63, 3.8) is 0 Å². The molecule has 24 heavy (non-hydrogen) atoms. The van der Waals surface area contributed by atoms with Gasteiger partial charge in [0.2, 0.25) is 0 Å². The number of aromatic nitrogens is 2. The van der Waals surface area contributed by atoms with E-state index in [4.69, 9.17) is 0 Å². The quantitative estimate of drug-likeness (QED) is 0.755. The van der Waals surface area contributed by atoms with Crippen LogP contribution in [0.2, 0.25) is 0 Å². The van der Waals surface area contributed by atoms with E-state index in [-0.39, 0.29) is 5.69 Å². The Morgan fingerprint density at radius 3 is 2.71 bits per heavy atom. The summed E-state index contributed by atoms with van der Waals surface area (Å²) in [5.41, 5.74) is 3.85. The minimum atomic E-state index is -2.60. The summed E-state index contributed by atoms with van der Waals surface area (Å²) in [7, 11) is 0. The van der Waals surface area contributed by atoms with Gasteiger partial charge in [0.25, 0.3) is 6.43 Å². The Bertz CT molecular complexity index is 780. The van der Waals surface area contributed by atoms with Gasteiger partial charge in [0, 0.05) is 35.4 Å². The topological polar surface area (TPSA) is 37.8 Å². The van der Waals surface area contributed by atoms with Gasteiger partial charge in [-0.25, -0.2) is 8.78 Å². The number of nitrogens with one attached hydrogen (secondary N) is 1. The first kappa shape index (κ1) is 17.5. The molecule has 0 spiro atoms. The number of rotatable bonds is 6. The highest BCUT2D eigenvalue weighted by Gasteiger charge is 2.11. The molecular formula is C19H19F2N3. The van der Waals surface area contributed by atoms with Gasteiger partial charge in [-0.15, -0.1) is 0 Å². The zero-order valence-electron chi connectivity index (χ0n) is 13.6. The molecule has 2 rings (SSSR count). The molecule has 0 fully saturated rings. The lowest BCUT2D eigenvalue weighted by atomic mass is 9.99. The van der Waals surface area contributed by atoms with Gasteiger partial charge < -0.3 is 5.32 Å². The summed E-state index contributed by atoms with van der Waals surface area (Å²) >= 11 is 0. The van der Waals surface area contributed by atoms with Gasteiger partial charge in [0.1, 0.15) is 5.69 Å². The standard InChI is InChI=1S/C19H19F2N3/c1-4-6-15(11-22-5-2)17-9-16(12-24-13(17)3)14-7-8-23-18(10-14)19(20)21/h4-12,19,22H,2H2,1,3H3/b6-4-,15-11+. The van der Waals surface area contributed by atoms with Crippen LogP contribution in [-0.4, -0.2) is 9.97 Å². The number of halogens is 2. The molecule has 2 aromatic heterocycles. The average molecular weight is 327 g/mol. The van der Waals surface area contributed by atoms with Crippen molar-refractivity contribution in [2.75, 3.05) is 0 Å². The normalized spacial score (nSPS) is 12.0. The first-order chi connectivity index (χ1) is 11.6. The molecule has 0 bridgehead atoms. The van der Waals surface area contributed by atoms with Crippen LogP contribution in [0.15, 0.2) is 61.7 Å². The molecule has 2 aromatic rings. The highest BCUT2D eigenvalue weighted by Crippen LogP contribution is 2.27. The van der Waals surface area contributed by atoms with E-state index in [9.17, 15) is 8.78 Å². The zero-order valence-corrected chi connectivity index (χ0v) is 13.6. The average Bonchev–Trinajstić information content (AvgIpc) is 2.59. The van der Waals surface area contributed by atoms with Gasteiger partial charge in [0.05, 0.1) is 0 Å². The third-order valence-electron chi connectivity index (χ3n) is 3.44. The van der Waals surface area contributed by atoms with E-state index in [0.717, 1.165) is 22.4 Å². The first-order valence-electron chi connectivity index (χ1n) is 7.48. The number of nitrogens with zero attached hydrogens (tertiary/aromatic N) is 2. The van der Waals surface area contributed by atoms with Crippen molar-refractivity contribution in [3.8, 4) is 11.1 Å². The fourth-order valence-corrected chi connectivity index (χ4v) is 2.27. The van der Waals surface area contributed by atoms with E-state index >= 15 is 0 Å². The Balaban J connectivity index is 2.52. The van der Waals surface area contributed by atoms with Crippen molar-refractivity contribution in [2.45, 2.75) is 20.3 Å². The number of aryl methyl sites for hydroxylation is 1. The Hall–Kier alpha value is -2.82. The number of pyridine rings is 2. The summed E-state index contributed by atoms with van der Waals surface area (Å²) in [6.07, 6.45) is 7.73. The fourth-order valence-electron chi connectivity index (χ4n) is 2.27. The maximum Gasteiger partial charge on any atom is 0.280 e. The molecule has 0 saturated heterocycles. The molecule has 1 N–H and O–H groups in total. The summed E-state index contributed by atoms with van der Waals surface area (Å²) in [6, 6.07) is 5.02. The first-order valence-corrected chi connectivity index (χ1v) is 7.48. The lowest BCUT2D eigenvalue weighted by molar-refractivity contribution is 0.146. The summed E-state index contributed by atoms with van der Waals surface area (Å²) in [5, 5.41) is 2.96. The maximum absolute atomic E-state index is 12.9. The smallest absolute Gasteiger partial charge is 0.280 e. The molecule has 0 unspecified atom stereocenters. The van der Waals surface area contributed by atoms with Crippen LogP contribution < -0.4 is 5.32 Å². The number of alkyl halides is 2. The monoisotopic (exact) mass is 327 g/mol. The van der Waals surface area contributed by atoms with E-state index in [1.807, 2.05) is 38.3 Å². The maximum atomic E-state index is 12.9. The Morgan fingerprint density at radius 2 is 2.04 bits per heavy atom. The lowest BCUT2D eigenvalue weighted by Crippen LogP contribution is -1.98. The molecule has 0 saturated carbocycles. The molecule has 124 valence electrons. The van der Waals surface area contributed by atoms with Crippen LogP contribution in [0, 0.1) is 6.92 Å². The zero-order chi connectivity index (χ0) is 17.5. The highest BCUT2D eigenvalue weighted by molar-refractivity contribution is 5.78. The number of hydrogen-bond donors (Lipinski definition) is 1. The predicted octanol–water partition coefficient (Wildman–Crippen LogP) is 5.04. The molecule has 3 nitrogen and oxygen atoms in total. The predicted molar refractivity (Wildman–Crippen MR) is 93.3 cm³/mol. The van der Waals surface area contributed by atoms with E-state index in [0.29, 0.717) is 5.56 Å². The third-order valence-corrected chi connectivity index (χ3v) is 3.44. The van der Waals surface area contributed by atoms with Crippen molar-refractivity contribution in [1.82, 2.24) is 15.3 Å². The second-order valence-electron chi connectivity index (χ2n) is 5.10. The molecule has 0 aliphatic carbocycles. The van der Waals surface area contributed by atoms with Crippen molar-refractivity contribution in [2.24, 2.45) is 0 Å². The van der Waals surface area contributed by atoms with E-state index in [1.165, 1.54) is 12.3 Å². The van der Waals surface area contributed by atoms with Crippen LogP contribution in [0.5, 0.6) is 0 Å². The summed E-state index contributed by atoms with van der Waals surface area (Å²) in [5.74, 6) is 0. The van der Waals surface area contributed by atoms with Crippen LogP contribution in [-0.2, 0) is 0 Å². The molecule has 0 amide bonds. The Labute approximate surface area is 140 Å². The SMILES string of the molecule is C=CN/C=C(\C=C/C)c1cc(-c2ccnc(C(F)F)c2)cnc1C. The van der Waals surface area contributed by atoms with Gasteiger partial charge >= 0.3 is 0 Å². The Morgan fingerprint density at radius 1 is 1.25 bits per heavy atom. The molecule has 0 radical (unpaired) electrons. The van der Waals surface area contributed by atoms with Gasteiger partial charge in [-0.1, -0.05) is 18.7 Å². The molecule has 0 aliphatic heterocycles. The molecule has 0 atom stereocenters. The largest absolute Gasteiger partial charge is 0.368 e. The minimum absolute atomic E-state index is 0.243. The lowest BCUT2D eigenvalue weighted by Gasteiger charge is -2.10. The van der Waals surface area contributed by atoms with Crippen LogP contribution >= 0.6 is 0 Å². The van der Waals surface area contributed by atoms with Crippen LogP contribution in [0.25, 0.3) is 16.7 Å². The van der Waals surface area contributed by atoms with E-state index < -0.39 is 6.43 Å². The van der Waals surface area contributed by atoms with Gasteiger partial charge in [-0.05, 0) is 49.4 Å². The minimum Gasteiger partial charge on any atom is -0.368 e. The van der Waals surface area contributed by atoms with Crippen LogP contribution in [0.1, 0.15) is 30.3 Å².